The molecule has 0 fully saturated rings. The zero-order chi connectivity index (χ0) is 28.1. The molecule has 0 aliphatic heterocycles. The Morgan fingerprint density at radius 2 is 1.32 bits per heavy atom. The predicted octanol–water partition coefficient (Wildman–Crippen LogP) is -0.490. The van der Waals surface area contributed by atoms with E-state index < -0.39 is 48.4 Å². The summed E-state index contributed by atoms with van der Waals surface area (Å²) >= 11 is 0. The lowest BCUT2D eigenvalue weighted by Gasteiger charge is -2.21. The lowest BCUT2D eigenvalue weighted by Crippen LogP contribution is -2.54. The van der Waals surface area contributed by atoms with Crippen molar-refractivity contribution in [2.45, 2.75) is 50.2 Å². The fourth-order valence-electron chi connectivity index (χ4n) is 3.62. The Labute approximate surface area is 220 Å². The van der Waals surface area contributed by atoms with Crippen molar-refractivity contribution >= 4 is 23.7 Å². The Morgan fingerprint density at radius 3 is 1.84 bits per heavy atom. The van der Waals surface area contributed by atoms with Crippen molar-refractivity contribution in [1.82, 2.24) is 16.0 Å². The highest BCUT2D eigenvalue weighted by Gasteiger charge is 2.26. The van der Waals surface area contributed by atoms with E-state index in [-0.39, 0.29) is 30.8 Å². The Balaban J connectivity index is 2.03. The third kappa shape index (κ3) is 10.4. The molecule has 2 rings (SSSR count). The summed E-state index contributed by atoms with van der Waals surface area (Å²) in [5.74, 6) is -3.06. The number of benzene rings is 2. The Kier molecular flexibility index (Phi) is 12.0. The Morgan fingerprint density at radius 1 is 0.763 bits per heavy atom. The number of amides is 3. The van der Waals surface area contributed by atoms with Crippen LogP contribution in [0.4, 0.5) is 0 Å². The number of aromatic hydroxyl groups is 2. The highest BCUT2D eigenvalue weighted by Crippen LogP contribution is 2.13. The molecule has 2 aromatic rings. The molecule has 12 nitrogen and oxygen atoms in total. The van der Waals surface area contributed by atoms with Gasteiger partial charge in [0.2, 0.25) is 17.7 Å². The van der Waals surface area contributed by atoms with Crippen LogP contribution in [-0.2, 0) is 32.0 Å². The minimum atomic E-state index is -1.19. The number of rotatable bonds is 15. The molecule has 38 heavy (non-hydrogen) atoms. The average molecular weight is 530 g/mol. The summed E-state index contributed by atoms with van der Waals surface area (Å²) < 4.78 is 0. The van der Waals surface area contributed by atoms with Crippen molar-refractivity contribution in [3.63, 3.8) is 0 Å². The molecule has 0 spiro atoms. The first-order chi connectivity index (χ1) is 18.1. The number of carbonyl (C=O) groups is 4. The van der Waals surface area contributed by atoms with E-state index in [4.69, 9.17) is 11.5 Å². The van der Waals surface area contributed by atoms with Crippen LogP contribution in [0.2, 0.25) is 0 Å². The van der Waals surface area contributed by atoms with E-state index in [0.717, 1.165) is 0 Å². The third-order valence-corrected chi connectivity index (χ3v) is 5.74. The van der Waals surface area contributed by atoms with E-state index in [0.29, 0.717) is 30.5 Å². The molecule has 206 valence electrons. The van der Waals surface area contributed by atoms with Gasteiger partial charge in [-0.3, -0.25) is 14.4 Å². The van der Waals surface area contributed by atoms with Crippen molar-refractivity contribution in [3.8, 4) is 11.5 Å². The largest absolute Gasteiger partial charge is 0.508 e. The van der Waals surface area contributed by atoms with E-state index in [9.17, 15) is 34.5 Å². The van der Waals surface area contributed by atoms with Gasteiger partial charge in [0.15, 0.2) is 0 Å². The number of unbranched alkanes of at least 4 members (excludes halogenated alkanes) is 1. The number of nitrogens with two attached hydrogens (primary N) is 2. The molecular weight excluding hydrogens is 494 g/mol. The van der Waals surface area contributed by atoms with Crippen LogP contribution in [0, 0.1) is 0 Å². The Hall–Kier alpha value is -4.16. The number of phenolic OH excluding ortho intramolecular Hbond substituents is 2. The van der Waals surface area contributed by atoms with Crippen LogP contribution in [-0.4, -0.2) is 70.2 Å². The topological polar surface area (TPSA) is 217 Å². The van der Waals surface area contributed by atoms with E-state index >= 15 is 0 Å². The smallest absolute Gasteiger partial charge is 0.326 e. The third-order valence-electron chi connectivity index (χ3n) is 5.74. The van der Waals surface area contributed by atoms with Gasteiger partial charge in [-0.2, -0.15) is 0 Å². The number of aliphatic carboxylic acids is 1. The monoisotopic (exact) mass is 529 g/mol. The molecule has 3 amide bonds. The molecule has 3 unspecified atom stereocenters. The fraction of sp³-hybridized carbons (Fsp3) is 0.385. The van der Waals surface area contributed by atoms with Gasteiger partial charge in [0.25, 0.3) is 0 Å². The standard InChI is InChI=1S/C26H35N5O7/c27-12-2-1-3-21(26(37)38)30-23(34)15-29-25(36)22(14-17-6-10-19(33)11-7-17)31-24(35)20(28)13-16-4-8-18(32)9-5-16/h4-11,20-22,32-33H,1-3,12-15,27-28H2,(H,29,36)(H,30,34)(H,31,35)(H,37,38). The normalized spacial score (nSPS) is 13.1. The SMILES string of the molecule is NCCCCC(NC(=O)CNC(=O)C(Cc1ccc(O)cc1)NC(=O)C(N)Cc1ccc(O)cc1)C(=O)O. The molecule has 0 saturated heterocycles. The number of carbonyl (C=O) groups excluding carboxylic acids is 3. The van der Waals surface area contributed by atoms with Crippen molar-refractivity contribution in [1.29, 1.82) is 0 Å². The van der Waals surface area contributed by atoms with Gasteiger partial charge in [-0.25, -0.2) is 4.79 Å². The minimum absolute atomic E-state index is 0.0332. The van der Waals surface area contributed by atoms with Crippen molar-refractivity contribution in [2.75, 3.05) is 13.1 Å². The highest BCUT2D eigenvalue weighted by molar-refractivity contribution is 5.92. The van der Waals surface area contributed by atoms with Gasteiger partial charge >= 0.3 is 5.97 Å². The number of phenols is 2. The summed E-state index contributed by atoms with van der Waals surface area (Å²) in [5, 5.41) is 35.7. The van der Waals surface area contributed by atoms with Crippen LogP contribution >= 0.6 is 0 Å². The number of hydrogen-bond acceptors (Lipinski definition) is 8. The minimum Gasteiger partial charge on any atom is -0.508 e. The summed E-state index contributed by atoms with van der Waals surface area (Å²) in [4.78, 5) is 49.5. The number of hydrogen-bond donors (Lipinski definition) is 8. The van der Waals surface area contributed by atoms with Gasteiger partial charge in [-0.05, 0) is 67.6 Å². The molecule has 12 heteroatoms. The van der Waals surface area contributed by atoms with E-state index in [1.807, 2.05) is 0 Å². The highest BCUT2D eigenvalue weighted by atomic mass is 16.4. The van der Waals surface area contributed by atoms with Crippen molar-refractivity contribution in [2.24, 2.45) is 11.5 Å². The van der Waals surface area contributed by atoms with Gasteiger partial charge in [0.1, 0.15) is 23.6 Å². The second-order valence-electron chi connectivity index (χ2n) is 8.87. The molecule has 0 aliphatic carbocycles. The number of carboxylic acid groups (broad SMARTS) is 1. The second-order valence-corrected chi connectivity index (χ2v) is 8.87. The van der Waals surface area contributed by atoms with Gasteiger partial charge in [-0.1, -0.05) is 24.3 Å². The molecule has 0 heterocycles. The molecule has 0 bridgehead atoms. The van der Waals surface area contributed by atoms with Gasteiger partial charge in [0.05, 0.1) is 12.6 Å². The zero-order valence-electron chi connectivity index (χ0n) is 20.9. The lowest BCUT2D eigenvalue weighted by atomic mass is 10.0. The molecule has 3 atom stereocenters. The van der Waals surface area contributed by atoms with Crippen molar-refractivity contribution < 1.29 is 34.5 Å². The first kappa shape index (κ1) is 30.1. The van der Waals surface area contributed by atoms with Crippen LogP contribution in [0.15, 0.2) is 48.5 Å². The second kappa shape index (κ2) is 15.2. The van der Waals surface area contributed by atoms with Crippen LogP contribution in [0.5, 0.6) is 11.5 Å². The first-order valence-electron chi connectivity index (χ1n) is 12.2. The van der Waals surface area contributed by atoms with E-state index in [2.05, 4.69) is 16.0 Å². The van der Waals surface area contributed by atoms with Gasteiger partial charge < -0.3 is 42.7 Å². The summed E-state index contributed by atoms with van der Waals surface area (Å²) in [6, 6.07) is 9.03. The number of nitrogens with one attached hydrogen (secondary N) is 3. The van der Waals surface area contributed by atoms with Crippen LogP contribution in [0.3, 0.4) is 0 Å². The van der Waals surface area contributed by atoms with Crippen LogP contribution in [0.25, 0.3) is 0 Å². The summed E-state index contributed by atoms with van der Waals surface area (Å²) in [5.41, 5.74) is 12.8. The van der Waals surface area contributed by atoms with Crippen LogP contribution < -0.4 is 27.4 Å². The molecular formula is C26H35N5O7. The summed E-state index contributed by atoms with van der Waals surface area (Å²) in [7, 11) is 0. The Bertz CT molecular complexity index is 1080. The molecule has 10 N–H and O–H groups in total. The molecule has 0 radical (unpaired) electrons. The quantitative estimate of drug-likeness (QED) is 0.139. The van der Waals surface area contributed by atoms with E-state index in [1.165, 1.54) is 24.3 Å². The predicted molar refractivity (Wildman–Crippen MR) is 139 cm³/mol. The van der Waals surface area contributed by atoms with Gasteiger partial charge in [-0.15, -0.1) is 0 Å². The molecule has 0 saturated carbocycles. The van der Waals surface area contributed by atoms with Crippen molar-refractivity contribution in [3.05, 3.63) is 59.7 Å². The maximum atomic E-state index is 12.9. The maximum Gasteiger partial charge on any atom is 0.326 e. The van der Waals surface area contributed by atoms with E-state index in [1.54, 1.807) is 24.3 Å². The molecule has 2 aromatic carbocycles. The number of carboxylic acids is 1. The fourth-order valence-corrected chi connectivity index (χ4v) is 3.62. The van der Waals surface area contributed by atoms with Gasteiger partial charge in [0, 0.05) is 6.42 Å². The summed E-state index contributed by atoms with van der Waals surface area (Å²) in [6.07, 6.45) is 1.53. The van der Waals surface area contributed by atoms with Crippen LogP contribution in [0.1, 0.15) is 30.4 Å². The first-order valence-corrected chi connectivity index (χ1v) is 12.2. The summed E-state index contributed by atoms with van der Waals surface area (Å²) in [6.45, 7) is -0.0932. The molecule has 0 aromatic heterocycles. The zero-order valence-corrected chi connectivity index (χ0v) is 20.9. The lowest BCUT2D eigenvalue weighted by molar-refractivity contribution is -0.142. The molecule has 0 aliphatic rings. The maximum absolute atomic E-state index is 12.9. The average Bonchev–Trinajstić information content (AvgIpc) is 2.88.